The minimum Gasteiger partial charge on any atom is -0.377 e. The van der Waals surface area contributed by atoms with Gasteiger partial charge in [-0.3, -0.25) is 0 Å². The number of ether oxygens (including phenoxy) is 1. The van der Waals surface area contributed by atoms with Crippen molar-refractivity contribution in [3.8, 4) is 0 Å². The van der Waals surface area contributed by atoms with Crippen LogP contribution in [0.3, 0.4) is 0 Å². The molecule has 0 aromatic carbocycles. The fraction of sp³-hybridized carbons (Fsp3) is 0.600. The van der Waals surface area contributed by atoms with Gasteiger partial charge in [0.25, 0.3) is 0 Å². The Morgan fingerprint density at radius 1 is 1.38 bits per heavy atom. The van der Waals surface area contributed by atoms with Crippen LogP contribution in [-0.2, 0) is 11.3 Å². The Morgan fingerprint density at radius 3 is 2.62 bits per heavy atom. The van der Waals surface area contributed by atoms with Gasteiger partial charge in [0, 0.05) is 18.5 Å². The van der Waals surface area contributed by atoms with E-state index in [0.717, 1.165) is 17.2 Å². The van der Waals surface area contributed by atoms with E-state index in [1.807, 2.05) is 13.0 Å². The lowest BCUT2D eigenvalue weighted by atomic mass is 10.1. The highest BCUT2D eigenvalue weighted by molar-refractivity contribution is 5.12. The molecule has 0 bridgehead atoms. The van der Waals surface area contributed by atoms with Crippen LogP contribution in [0.4, 0.5) is 0 Å². The molecule has 0 saturated carbocycles. The van der Waals surface area contributed by atoms with Gasteiger partial charge in [-0.1, -0.05) is 13.8 Å². The average molecular weight is 180 g/mol. The van der Waals surface area contributed by atoms with E-state index in [2.05, 4.69) is 23.8 Å². The smallest absolute Gasteiger partial charge is 0.154 e. The maximum Gasteiger partial charge on any atom is 0.154 e. The van der Waals surface area contributed by atoms with Crippen LogP contribution in [0.15, 0.2) is 6.07 Å². The van der Waals surface area contributed by atoms with Gasteiger partial charge in [-0.25, -0.2) is 9.97 Å². The fourth-order valence-electron chi connectivity index (χ4n) is 1.15. The minimum absolute atomic E-state index is 0.442. The van der Waals surface area contributed by atoms with Gasteiger partial charge in [-0.2, -0.15) is 0 Å². The van der Waals surface area contributed by atoms with Crippen molar-refractivity contribution >= 4 is 0 Å². The van der Waals surface area contributed by atoms with E-state index >= 15 is 0 Å². The van der Waals surface area contributed by atoms with Crippen molar-refractivity contribution in [1.82, 2.24) is 9.97 Å². The predicted molar refractivity (Wildman–Crippen MR) is 51.6 cm³/mol. The van der Waals surface area contributed by atoms with Gasteiger partial charge in [0.2, 0.25) is 0 Å². The Kier molecular flexibility index (Phi) is 3.37. The SMILES string of the molecule is COCc1nc(C)cc(C(C)C)n1. The lowest BCUT2D eigenvalue weighted by molar-refractivity contribution is 0.177. The average Bonchev–Trinajstić information content (AvgIpc) is 2.03. The van der Waals surface area contributed by atoms with Gasteiger partial charge < -0.3 is 4.74 Å². The molecule has 0 amide bonds. The highest BCUT2D eigenvalue weighted by Gasteiger charge is 2.04. The number of rotatable bonds is 3. The third-order valence-corrected chi connectivity index (χ3v) is 1.79. The molecule has 1 aromatic rings. The van der Waals surface area contributed by atoms with Gasteiger partial charge in [-0.15, -0.1) is 0 Å². The van der Waals surface area contributed by atoms with Crippen LogP contribution in [-0.4, -0.2) is 17.1 Å². The lowest BCUT2D eigenvalue weighted by Crippen LogP contribution is -2.03. The molecule has 3 nitrogen and oxygen atoms in total. The summed E-state index contributed by atoms with van der Waals surface area (Å²) < 4.78 is 4.99. The summed E-state index contributed by atoms with van der Waals surface area (Å²) in [5.41, 5.74) is 2.09. The first kappa shape index (κ1) is 10.1. The van der Waals surface area contributed by atoms with Crippen LogP contribution in [0.5, 0.6) is 0 Å². The second-order valence-corrected chi connectivity index (χ2v) is 3.44. The van der Waals surface area contributed by atoms with Gasteiger partial charge in [0.15, 0.2) is 5.82 Å². The second kappa shape index (κ2) is 4.33. The monoisotopic (exact) mass is 180 g/mol. The van der Waals surface area contributed by atoms with Gasteiger partial charge >= 0.3 is 0 Å². The molecule has 3 heteroatoms. The zero-order valence-corrected chi connectivity index (χ0v) is 8.66. The first-order valence-electron chi connectivity index (χ1n) is 4.47. The Hall–Kier alpha value is -0.960. The van der Waals surface area contributed by atoms with E-state index in [4.69, 9.17) is 4.74 Å². The molecule has 0 N–H and O–H groups in total. The molecule has 0 aliphatic rings. The maximum absolute atomic E-state index is 4.99. The molecule has 1 aromatic heterocycles. The molecule has 1 heterocycles. The summed E-state index contributed by atoms with van der Waals surface area (Å²) >= 11 is 0. The molecule has 0 radical (unpaired) electrons. The molecule has 0 aliphatic carbocycles. The number of aryl methyl sites for hydroxylation is 1. The van der Waals surface area contributed by atoms with Crippen LogP contribution in [0.2, 0.25) is 0 Å². The Bertz CT molecular complexity index is 284. The van der Waals surface area contributed by atoms with Crippen LogP contribution in [0.1, 0.15) is 37.0 Å². The largest absolute Gasteiger partial charge is 0.377 e. The minimum atomic E-state index is 0.442. The zero-order valence-electron chi connectivity index (χ0n) is 8.66. The summed E-state index contributed by atoms with van der Waals surface area (Å²) in [6.07, 6.45) is 0. The van der Waals surface area contributed by atoms with Gasteiger partial charge in [0.05, 0.1) is 0 Å². The topological polar surface area (TPSA) is 35.0 Å². The Labute approximate surface area is 79.2 Å². The molecule has 0 saturated heterocycles. The normalized spacial score (nSPS) is 10.8. The Balaban J connectivity index is 2.96. The summed E-state index contributed by atoms with van der Waals surface area (Å²) in [6.45, 7) is 6.71. The summed E-state index contributed by atoms with van der Waals surface area (Å²) in [5, 5.41) is 0. The lowest BCUT2D eigenvalue weighted by Gasteiger charge is -2.07. The Morgan fingerprint density at radius 2 is 2.08 bits per heavy atom. The molecular weight excluding hydrogens is 164 g/mol. The number of hydrogen-bond acceptors (Lipinski definition) is 3. The third-order valence-electron chi connectivity index (χ3n) is 1.79. The highest BCUT2D eigenvalue weighted by atomic mass is 16.5. The molecular formula is C10H16N2O. The van der Waals surface area contributed by atoms with Crippen molar-refractivity contribution in [1.29, 1.82) is 0 Å². The number of hydrogen-bond donors (Lipinski definition) is 0. The molecule has 0 spiro atoms. The summed E-state index contributed by atoms with van der Waals surface area (Å²) in [6, 6.07) is 2.02. The zero-order chi connectivity index (χ0) is 9.84. The maximum atomic E-state index is 4.99. The van der Waals surface area contributed by atoms with Crippen molar-refractivity contribution in [2.45, 2.75) is 33.3 Å². The van der Waals surface area contributed by atoms with Crippen molar-refractivity contribution < 1.29 is 4.74 Å². The molecule has 0 aliphatic heterocycles. The van der Waals surface area contributed by atoms with E-state index in [-0.39, 0.29) is 0 Å². The van der Waals surface area contributed by atoms with Gasteiger partial charge in [0.1, 0.15) is 6.61 Å². The molecule has 0 atom stereocenters. The molecule has 0 unspecified atom stereocenters. The molecule has 1 rings (SSSR count). The second-order valence-electron chi connectivity index (χ2n) is 3.44. The van der Waals surface area contributed by atoms with Crippen LogP contribution in [0, 0.1) is 6.92 Å². The van der Waals surface area contributed by atoms with E-state index in [1.54, 1.807) is 7.11 Å². The molecule has 72 valence electrons. The van der Waals surface area contributed by atoms with Gasteiger partial charge in [-0.05, 0) is 18.9 Å². The molecule has 0 fully saturated rings. The first-order chi connectivity index (χ1) is 6.13. The van der Waals surface area contributed by atoms with Crippen molar-refractivity contribution in [3.05, 3.63) is 23.3 Å². The summed E-state index contributed by atoms with van der Waals surface area (Å²) in [5.74, 6) is 1.21. The summed E-state index contributed by atoms with van der Waals surface area (Å²) in [7, 11) is 1.65. The van der Waals surface area contributed by atoms with Crippen molar-refractivity contribution in [2.24, 2.45) is 0 Å². The first-order valence-corrected chi connectivity index (χ1v) is 4.47. The van der Waals surface area contributed by atoms with Crippen molar-refractivity contribution in [3.63, 3.8) is 0 Å². The van der Waals surface area contributed by atoms with E-state index in [9.17, 15) is 0 Å². The predicted octanol–water partition coefficient (Wildman–Crippen LogP) is 2.05. The number of methoxy groups -OCH3 is 1. The van der Waals surface area contributed by atoms with E-state index in [0.29, 0.717) is 12.5 Å². The third kappa shape index (κ3) is 2.77. The summed E-state index contributed by atoms with van der Waals surface area (Å²) in [4.78, 5) is 8.66. The van der Waals surface area contributed by atoms with E-state index in [1.165, 1.54) is 0 Å². The van der Waals surface area contributed by atoms with Crippen LogP contribution < -0.4 is 0 Å². The molecule has 13 heavy (non-hydrogen) atoms. The number of nitrogens with zero attached hydrogens (tertiary/aromatic N) is 2. The number of aromatic nitrogens is 2. The fourth-order valence-corrected chi connectivity index (χ4v) is 1.15. The van der Waals surface area contributed by atoms with Crippen LogP contribution >= 0.6 is 0 Å². The highest BCUT2D eigenvalue weighted by Crippen LogP contribution is 2.12. The van der Waals surface area contributed by atoms with Crippen LogP contribution in [0.25, 0.3) is 0 Å². The standard InChI is InChI=1S/C10H16N2O/c1-7(2)9-5-8(3)11-10(12-9)6-13-4/h5,7H,6H2,1-4H3. The van der Waals surface area contributed by atoms with Crippen molar-refractivity contribution in [2.75, 3.05) is 7.11 Å². The quantitative estimate of drug-likeness (QED) is 0.714. The van der Waals surface area contributed by atoms with E-state index < -0.39 is 0 Å².